The summed E-state index contributed by atoms with van der Waals surface area (Å²) in [6, 6.07) is 9.53. The Hall–Kier alpha value is -2.14. The summed E-state index contributed by atoms with van der Waals surface area (Å²) >= 11 is 5.86. The van der Waals surface area contributed by atoms with E-state index in [1.54, 1.807) is 38.2 Å². The van der Waals surface area contributed by atoms with Gasteiger partial charge in [-0.05, 0) is 42.8 Å². The summed E-state index contributed by atoms with van der Waals surface area (Å²) in [6.45, 7) is 1.73. The van der Waals surface area contributed by atoms with Crippen molar-refractivity contribution in [3.63, 3.8) is 0 Å². The predicted octanol–water partition coefficient (Wildman–Crippen LogP) is 4.84. The maximum absolute atomic E-state index is 13.3. The number of hydrogen-bond donors (Lipinski definition) is 1. The van der Waals surface area contributed by atoms with Crippen LogP contribution in [-0.2, 0) is 0 Å². The van der Waals surface area contributed by atoms with E-state index in [9.17, 15) is 13.6 Å². The molecule has 2 aromatic carbocycles. The smallest absolute Gasteiger partial charge is 0.321 e. The Morgan fingerprint density at radius 3 is 2.55 bits per heavy atom. The molecular weight excluding hydrogens is 310 g/mol. The van der Waals surface area contributed by atoms with Gasteiger partial charge in [0.1, 0.15) is 0 Å². The second-order valence-corrected chi connectivity index (χ2v) is 5.34. The normalized spacial score (nSPS) is 11.9. The summed E-state index contributed by atoms with van der Waals surface area (Å²) in [5.74, 6) is -1.85. The molecule has 0 heterocycles. The van der Waals surface area contributed by atoms with E-state index >= 15 is 0 Å². The van der Waals surface area contributed by atoms with Gasteiger partial charge in [-0.1, -0.05) is 23.7 Å². The van der Waals surface area contributed by atoms with Crippen LogP contribution in [-0.4, -0.2) is 18.0 Å². The van der Waals surface area contributed by atoms with Crippen molar-refractivity contribution in [1.29, 1.82) is 0 Å². The molecule has 6 heteroatoms. The Bertz CT molecular complexity index is 694. The number of carbonyl (C=O) groups is 1. The maximum atomic E-state index is 13.3. The number of hydrogen-bond acceptors (Lipinski definition) is 1. The van der Waals surface area contributed by atoms with Crippen LogP contribution in [0.4, 0.5) is 19.3 Å². The number of urea groups is 1. The van der Waals surface area contributed by atoms with Crippen molar-refractivity contribution in [2.75, 3.05) is 12.4 Å². The first-order valence-electron chi connectivity index (χ1n) is 6.63. The molecule has 0 aliphatic rings. The molecule has 0 saturated heterocycles. The van der Waals surface area contributed by atoms with E-state index in [-0.39, 0.29) is 6.03 Å². The van der Waals surface area contributed by atoms with Crippen molar-refractivity contribution in [3.05, 3.63) is 64.7 Å². The van der Waals surface area contributed by atoms with Crippen molar-refractivity contribution in [3.8, 4) is 0 Å². The summed E-state index contributed by atoms with van der Waals surface area (Å²) in [5.41, 5.74) is 1.06. The first kappa shape index (κ1) is 16.2. The monoisotopic (exact) mass is 324 g/mol. The molecule has 0 aliphatic heterocycles. The fourth-order valence-corrected chi connectivity index (χ4v) is 2.14. The standard InChI is InChI=1S/C16H15ClF2N2O/c1-10(11-6-7-14(18)15(19)8-11)21(2)16(22)20-13-5-3-4-12(17)9-13/h3-10H,1-2H3,(H,20,22). The predicted molar refractivity (Wildman–Crippen MR) is 83.0 cm³/mol. The maximum Gasteiger partial charge on any atom is 0.322 e. The van der Waals surface area contributed by atoms with Crippen molar-refractivity contribution in [2.24, 2.45) is 0 Å². The van der Waals surface area contributed by atoms with E-state index in [0.29, 0.717) is 16.3 Å². The molecule has 116 valence electrons. The van der Waals surface area contributed by atoms with Crippen LogP contribution in [0, 0.1) is 11.6 Å². The lowest BCUT2D eigenvalue weighted by Crippen LogP contribution is -2.33. The zero-order valence-electron chi connectivity index (χ0n) is 12.1. The Labute approximate surface area is 132 Å². The molecule has 0 bridgehead atoms. The zero-order valence-corrected chi connectivity index (χ0v) is 12.9. The summed E-state index contributed by atoms with van der Waals surface area (Å²) in [7, 11) is 1.58. The fraction of sp³-hybridized carbons (Fsp3) is 0.188. The second kappa shape index (κ2) is 6.75. The minimum atomic E-state index is -0.937. The largest absolute Gasteiger partial charge is 0.322 e. The van der Waals surface area contributed by atoms with Crippen LogP contribution in [0.25, 0.3) is 0 Å². The van der Waals surface area contributed by atoms with Crippen LogP contribution in [0.1, 0.15) is 18.5 Å². The molecule has 0 spiro atoms. The van der Waals surface area contributed by atoms with Crippen molar-refractivity contribution < 1.29 is 13.6 Å². The molecule has 0 saturated carbocycles. The van der Waals surface area contributed by atoms with Gasteiger partial charge in [0.15, 0.2) is 11.6 Å². The lowest BCUT2D eigenvalue weighted by molar-refractivity contribution is 0.208. The van der Waals surface area contributed by atoms with Gasteiger partial charge in [-0.2, -0.15) is 0 Å². The Balaban J connectivity index is 2.10. The van der Waals surface area contributed by atoms with Gasteiger partial charge in [0.05, 0.1) is 6.04 Å². The first-order valence-corrected chi connectivity index (χ1v) is 7.00. The average Bonchev–Trinajstić information content (AvgIpc) is 2.48. The highest BCUT2D eigenvalue weighted by atomic mass is 35.5. The molecule has 2 aromatic rings. The molecule has 2 rings (SSSR count). The number of carbonyl (C=O) groups excluding carboxylic acids is 1. The third-order valence-electron chi connectivity index (χ3n) is 3.40. The SMILES string of the molecule is CC(c1ccc(F)c(F)c1)N(C)C(=O)Nc1cccc(Cl)c1. The van der Waals surface area contributed by atoms with Gasteiger partial charge in [-0.3, -0.25) is 0 Å². The van der Waals surface area contributed by atoms with E-state index in [1.165, 1.54) is 11.0 Å². The van der Waals surface area contributed by atoms with Crippen LogP contribution in [0.3, 0.4) is 0 Å². The third-order valence-corrected chi connectivity index (χ3v) is 3.64. The molecule has 0 aromatic heterocycles. The summed E-state index contributed by atoms with van der Waals surface area (Å²) in [4.78, 5) is 13.6. The molecule has 0 radical (unpaired) electrons. The van der Waals surface area contributed by atoms with Crippen LogP contribution in [0.15, 0.2) is 42.5 Å². The number of nitrogens with zero attached hydrogens (tertiary/aromatic N) is 1. The number of anilines is 1. The number of nitrogens with one attached hydrogen (secondary N) is 1. The molecule has 0 aliphatic carbocycles. The highest BCUT2D eigenvalue weighted by molar-refractivity contribution is 6.30. The molecule has 1 atom stereocenters. The van der Waals surface area contributed by atoms with Crippen molar-refractivity contribution in [1.82, 2.24) is 4.90 Å². The van der Waals surface area contributed by atoms with Crippen LogP contribution in [0.5, 0.6) is 0 Å². The topological polar surface area (TPSA) is 32.3 Å². The zero-order chi connectivity index (χ0) is 16.3. The van der Waals surface area contributed by atoms with Gasteiger partial charge < -0.3 is 10.2 Å². The van der Waals surface area contributed by atoms with Gasteiger partial charge in [0, 0.05) is 17.8 Å². The Kier molecular flexibility index (Phi) is 4.98. The number of benzene rings is 2. The van der Waals surface area contributed by atoms with Gasteiger partial charge in [-0.25, -0.2) is 13.6 Å². The molecular formula is C16H15ClF2N2O. The molecule has 1 unspecified atom stereocenters. The molecule has 2 amide bonds. The second-order valence-electron chi connectivity index (χ2n) is 4.90. The Morgan fingerprint density at radius 2 is 1.91 bits per heavy atom. The molecule has 22 heavy (non-hydrogen) atoms. The van der Waals surface area contributed by atoms with Gasteiger partial charge >= 0.3 is 6.03 Å². The Morgan fingerprint density at radius 1 is 1.18 bits per heavy atom. The fourth-order valence-electron chi connectivity index (χ4n) is 1.95. The van der Waals surface area contributed by atoms with E-state index < -0.39 is 17.7 Å². The lowest BCUT2D eigenvalue weighted by Gasteiger charge is -2.25. The number of rotatable bonds is 3. The highest BCUT2D eigenvalue weighted by Gasteiger charge is 2.18. The summed E-state index contributed by atoms with van der Waals surface area (Å²) in [6.07, 6.45) is 0. The van der Waals surface area contributed by atoms with E-state index in [4.69, 9.17) is 11.6 Å². The van der Waals surface area contributed by atoms with Crippen LogP contribution in [0.2, 0.25) is 5.02 Å². The van der Waals surface area contributed by atoms with Crippen LogP contribution < -0.4 is 5.32 Å². The average molecular weight is 325 g/mol. The molecule has 3 nitrogen and oxygen atoms in total. The van der Waals surface area contributed by atoms with E-state index in [1.807, 2.05) is 0 Å². The van der Waals surface area contributed by atoms with E-state index in [0.717, 1.165) is 12.1 Å². The minimum Gasteiger partial charge on any atom is -0.321 e. The number of amides is 2. The third kappa shape index (κ3) is 3.74. The molecule has 0 fully saturated rings. The summed E-state index contributed by atoms with van der Waals surface area (Å²) in [5, 5.41) is 3.20. The minimum absolute atomic E-state index is 0.375. The summed E-state index contributed by atoms with van der Waals surface area (Å²) < 4.78 is 26.3. The molecule has 1 N–H and O–H groups in total. The van der Waals surface area contributed by atoms with Gasteiger partial charge in [0.25, 0.3) is 0 Å². The van der Waals surface area contributed by atoms with E-state index in [2.05, 4.69) is 5.32 Å². The quantitative estimate of drug-likeness (QED) is 0.860. The van der Waals surface area contributed by atoms with Crippen molar-refractivity contribution >= 4 is 23.3 Å². The van der Waals surface area contributed by atoms with Crippen molar-refractivity contribution in [2.45, 2.75) is 13.0 Å². The lowest BCUT2D eigenvalue weighted by atomic mass is 10.1. The number of halogens is 3. The van der Waals surface area contributed by atoms with Gasteiger partial charge in [0.2, 0.25) is 0 Å². The van der Waals surface area contributed by atoms with Crippen LogP contribution >= 0.6 is 11.6 Å². The first-order chi connectivity index (χ1) is 10.4. The van der Waals surface area contributed by atoms with Gasteiger partial charge in [-0.15, -0.1) is 0 Å². The highest BCUT2D eigenvalue weighted by Crippen LogP contribution is 2.22.